The maximum absolute atomic E-state index is 5.75. The minimum absolute atomic E-state index is 0.346. The molecule has 0 saturated heterocycles. The molecule has 1 aromatic carbocycles. The monoisotopic (exact) mass is 260 g/mol. The van der Waals surface area contributed by atoms with Gasteiger partial charge in [0.1, 0.15) is 10.8 Å². The molecule has 1 aliphatic heterocycles. The van der Waals surface area contributed by atoms with Gasteiger partial charge in [0.25, 0.3) is 0 Å². The minimum Gasteiger partial charge on any atom is -0.493 e. The fourth-order valence-electron chi connectivity index (χ4n) is 2.34. The van der Waals surface area contributed by atoms with Gasteiger partial charge in [-0.15, -0.1) is 11.3 Å². The van der Waals surface area contributed by atoms with E-state index >= 15 is 0 Å². The van der Waals surface area contributed by atoms with Crippen molar-refractivity contribution in [3.05, 3.63) is 46.4 Å². The van der Waals surface area contributed by atoms with Gasteiger partial charge in [0.05, 0.1) is 6.61 Å². The predicted molar refractivity (Wildman–Crippen MR) is 72.8 cm³/mol. The highest BCUT2D eigenvalue weighted by molar-refractivity contribution is 7.09. The third kappa shape index (κ3) is 2.26. The average Bonchev–Trinajstić information content (AvgIpc) is 2.91. The number of nitrogens with one attached hydrogen (secondary N) is 1. The Balaban J connectivity index is 1.78. The summed E-state index contributed by atoms with van der Waals surface area (Å²) in [6.07, 6.45) is 1.85. The van der Waals surface area contributed by atoms with E-state index in [1.165, 1.54) is 5.56 Å². The zero-order valence-corrected chi connectivity index (χ0v) is 11.1. The van der Waals surface area contributed by atoms with Gasteiger partial charge in [-0.3, -0.25) is 0 Å². The van der Waals surface area contributed by atoms with E-state index in [4.69, 9.17) is 4.74 Å². The lowest BCUT2D eigenvalue weighted by Gasteiger charge is -2.32. The van der Waals surface area contributed by atoms with Gasteiger partial charge in [-0.1, -0.05) is 25.1 Å². The molecule has 18 heavy (non-hydrogen) atoms. The van der Waals surface area contributed by atoms with E-state index in [1.807, 2.05) is 23.7 Å². The highest BCUT2D eigenvalue weighted by Crippen LogP contribution is 2.35. The Bertz CT molecular complexity index is 512. The summed E-state index contributed by atoms with van der Waals surface area (Å²) in [6.45, 7) is 3.81. The minimum atomic E-state index is 0.346. The predicted octanol–water partition coefficient (Wildman–Crippen LogP) is 3.00. The lowest BCUT2D eigenvalue weighted by molar-refractivity contribution is 0.188. The summed E-state index contributed by atoms with van der Waals surface area (Å²) in [5, 5.41) is 6.74. The third-order valence-corrected chi connectivity index (χ3v) is 4.06. The highest BCUT2D eigenvalue weighted by Gasteiger charge is 2.27. The summed E-state index contributed by atoms with van der Waals surface area (Å²) in [7, 11) is 0. The van der Waals surface area contributed by atoms with Crippen LogP contribution in [0.5, 0.6) is 5.75 Å². The average molecular weight is 260 g/mol. The van der Waals surface area contributed by atoms with Crippen molar-refractivity contribution < 1.29 is 4.74 Å². The first kappa shape index (κ1) is 11.7. The van der Waals surface area contributed by atoms with Gasteiger partial charge in [0.15, 0.2) is 0 Å². The van der Waals surface area contributed by atoms with Crippen molar-refractivity contribution in [2.24, 2.45) is 5.92 Å². The molecule has 94 valence electrons. The molecule has 0 aliphatic carbocycles. The number of nitrogens with zero attached hydrogens (tertiary/aromatic N) is 1. The van der Waals surface area contributed by atoms with Crippen LogP contribution in [0.3, 0.4) is 0 Å². The zero-order valence-electron chi connectivity index (χ0n) is 10.3. The Hall–Kier alpha value is -1.39. The third-order valence-electron chi connectivity index (χ3n) is 3.28. The summed E-state index contributed by atoms with van der Waals surface area (Å²) in [5.41, 5.74) is 1.26. The van der Waals surface area contributed by atoms with Crippen molar-refractivity contribution in [1.82, 2.24) is 10.3 Å². The first-order chi connectivity index (χ1) is 8.84. The van der Waals surface area contributed by atoms with Crippen molar-refractivity contribution in [3.63, 3.8) is 0 Å². The molecule has 0 radical (unpaired) electrons. The normalized spacial score (nSPS) is 22.3. The number of benzene rings is 1. The maximum atomic E-state index is 5.75. The quantitative estimate of drug-likeness (QED) is 0.921. The van der Waals surface area contributed by atoms with Gasteiger partial charge in [-0.05, 0) is 6.07 Å². The Morgan fingerprint density at radius 2 is 2.33 bits per heavy atom. The molecule has 0 spiro atoms. The number of para-hydroxylation sites is 1. The molecule has 1 N–H and O–H groups in total. The second kappa shape index (κ2) is 5.08. The van der Waals surface area contributed by atoms with Crippen LogP contribution in [0.25, 0.3) is 0 Å². The number of thiazole rings is 1. The van der Waals surface area contributed by atoms with Gasteiger partial charge in [0.2, 0.25) is 0 Å². The van der Waals surface area contributed by atoms with Crippen LogP contribution in [-0.2, 0) is 6.54 Å². The smallest absolute Gasteiger partial charge is 0.124 e. The van der Waals surface area contributed by atoms with E-state index in [0.717, 1.165) is 23.9 Å². The van der Waals surface area contributed by atoms with E-state index in [-0.39, 0.29) is 0 Å². The van der Waals surface area contributed by atoms with E-state index in [1.54, 1.807) is 11.3 Å². The summed E-state index contributed by atoms with van der Waals surface area (Å²) < 4.78 is 5.75. The molecule has 2 atom stereocenters. The maximum Gasteiger partial charge on any atom is 0.124 e. The molecule has 3 rings (SSSR count). The molecule has 2 aromatic rings. The second-order valence-corrected chi connectivity index (χ2v) is 5.59. The number of hydrogen-bond donors (Lipinski definition) is 1. The fraction of sp³-hybridized carbons (Fsp3) is 0.357. The van der Waals surface area contributed by atoms with Crippen LogP contribution in [0.4, 0.5) is 0 Å². The van der Waals surface area contributed by atoms with Crippen LogP contribution >= 0.6 is 11.3 Å². The van der Waals surface area contributed by atoms with Gasteiger partial charge in [-0.25, -0.2) is 4.98 Å². The topological polar surface area (TPSA) is 34.1 Å². The lowest BCUT2D eigenvalue weighted by Crippen LogP contribution is -2.33. The number of rotatable bonds is 3. The molecular formula is C14H16N2OS. The van der Waals surface area contributed by atoms with Crippen molar-refractivity contribution in [1.29, 1.82) is 0 Å². The molecule has 0 saturated carbocycles. The zero-order chi connectivity index (χ0) is 12.4. The van der Waals surface area contributed by atoms with Gasteiger partial charge in [-0.2, -0.15) is 0 Å². The number of ether oxygens (including phenoxy) is 1. The van der Waals surface area contributed by atoms with Crippen LogP contribution in [0, 0.1) is 5.92 Å². The van der Waals surface area contributed by atoms with E-state index in [0.29, 0.717) is 12.0 Å². The van der Waals surface area contributed by atoms with Crippen LogP contribution < -0.4 is 10.1 Å². The van der Waals surface area contributed by atoms with E-state index in [9.17, 15) is 0 Å². The lowest BCUT2D eigenvalue weighted by atomic mass is 9.92. The fourth-order valence-corrected chi connectivity index (χ4v) is 2.91. The summed E-state index contributed by atoms with van der Waals surface area (Å²) in [5.74, 6) is 1.48. The standard InChI is InChI=1S/C14H16N2OS/c1-10-9-17-12-5-3-2-4-11(12)14(10)16-8-13-15-6-7-18-13/h2-7,10,14,16H,8-9H2,1H3. The first-order valence-corrected chi connectivity index (χ1v) is 7.06. The second-order valence-electron chi connectivity index (χ2n) is 4.61. The van der Waals surface area contributed by atoms with E-state index in [2.05, 4.69) is 29.4 Å². The Morgan fingerprint density at radius 1 is 1.44 bits per heavy atom. The number of hydrogen-bond acceptors (Lipinski definition) is 4. The van der Waals surface area contributed by atoms with Crippen LogP contribution in [0.15, 0.2) is 35.8 Å². The van der Waals surface area contributed by atoms with Crippen LogP contribution in [0.2, 0.25) is 0 Å². The molecule has 0 fully saturated rings. The van der Waals surface area contributed by atoms with Gasteiger partial charge in [0, 0.05) is 35.6 Å². The molecular weight excluding hydrogens is 244 g/mol. The first-order valence-electron chi connectivity index (χ1n) is 6.18. The van der Waals surface area contributed by atoms with Crippen molar-refractivity contribution in [2.75, 3.05) is 6.61 Å². The van der Waals surface area contributed by atoms with Crippen LogP contribution in [-0.4, -0.2) is 11.6 Å². The summed E-state index contributed by atoms with van der Waals surface area (Å²) >= 11 is 1.69. The molecule has 1 aliphatic rings. The van der Waals surface area contributed by atoms with Gasteiger partial charge >= 0.3 is 0 Å². The Kier molecular flexibility index (Phi) is 3.30. The number of aromatic nitrogens is 1. The molecule has 0 bridgehead atoms. The van der Waals surface area contributed by atoms with Gasteiger partial charge < -0.3 is 10.1 Å². The Morgan fingerprint density at radius 3 is 3.17 bits per heavy atom. The molecule has 2 heterocycles. The molecule has 1 aromatic heterocycles. The number of fused-ring (bicyclic) bond motifs is 1. The molecule has 2 unspecified atom stereocenters. The SMILES string of the molecule is CC1COc2ccccc2C1NCc1nccs1. The molecule has 4 heteroatoms. The van der Waals surface area contributed by atoms with Crippen molar-refractivity contribution >= 4 is 11.3 Å². The van der Waals surface area contributed by atoms with Crippen molar-refractivity contribution in [2.45, 2.75) is 19.5 Å². The highest BCUT2D eigenvalue weighted by atomic mass is 32.1. The summed E-state index contributed by atoms with van der Waals surface area (Å²) in [4.78, 5) is 4.31. The van der Waals surface area contributed by atoms with Crippen molar-refractivity contribution in [3.8, 4) is 5.75 Å². The largest absolute Gasteiger partial charge is 0.493 e. The van der Waals surface area contributed by atoms with E-state index < -0.39 is 0 Å². The molecule has 0 amide bonds. The van der Waals surface area contributed by atoms with Crippen LogP contribution in [0.1, 0.15) is 23.5 Å². The Labute approximate surface area is 111 Å². The molecule has 3 nitrogen and oxygen atoms in total. The summed E-state index contributed by atoms with van der Waals surface area (Å²) in [6, 6.07) is 8.62.